The summed E-state index contributed by atoms with van der Waals surface area (Å²) in [5.74, 6) is -0.0881. The highest BCUT2D eigenvalue weighted by Gasteiger charge is 2.20. The van der Waals surface area contributed by atoms with Crippen molar-refractivity contribution >= 4 is 0 Å². The van der Waals surface area contributed by atoms with Gasteiger partial charge in [-0.25, -0.2) is 4.39 Å². The molecule has 3 nitrogen and oxygen atoms in total. The predicted octanol–water partition coefficient (Wildman–Crippen LogP) is 3.05. The van der Waals surface area contributed by atoms with Crippen molar-refractivity contribution in [1.82, 2.24) is 10.3 Å². The van der Waals surface area contributed by atoms with Gasteiger partial charge in [-0.1, -0.05) is 18.2 Å². The summed E-state index contributed by atoms with van der Waals surface area (Å²) >= 11 is 0. The van der Waals surface area contributed by atoms with Crippen molar-refractivity contribution in [2.24, 2.45) is 0 Å². The molecule has 0 atom stereocenters. The Balaban J connectivity index is 1.59. The van der Waals surface area contributed by atoms with Gasteiger partial charge in [0.1, 0.15) is 6.61 Å². The third kappa shape index (κ3) is 3.54. The van der Waals surface area contributed by atoms with Crippen molar-refractivity contribution in [3.05, 3.63) is 59.7 Å². The van der Waals surface area contributed by atoms with E-state index >= 15 is 0 Å². The maximum absolute atomic E-state index is 13.4. The molecule has 0 radical (unpaired) electrons. The van der Waals surface area contributed by atoms with Crippen molar-refractivity contribution in [2.45, 2.75) is 32.0 Å². The van der Waals surface area contributed by atoms with Crippen molar-refractivity contribution in [3.8, 4) is 5.75 Å². The van der Waals surface area contributed by atoms with Crippen LogP contribution in [0.15, 0.2) is 42.5 Å². The van der Waals surface area contributed by atoms with Gasteiger partial charge in [-0.05, 0) is 37.1 Å². The van der Waals surface area contributed by atoms with Gasteiger partial charge in [0.15, 0.2) is 11.6 Å². The fourth-order valence-electron chi connectivity index (χ4n) is 1.96. The normalized spacial score (nSPS) is 14.2. The molecule has 4 heteroatoms. The highest BCUT2D eigenvalue weighted by Crippen LogP contribution is 2.19. The molecule has 2 aromatic rings. The first-order chi connectivity index (χ1) is 9.81. The fraction of sp³-hybridized carbons (Fsp3) is 0.312. The van der Waals surface area contributed by atoms with Gasteiger partial charge in [-0.3, -0.25) is 4.98 Å². The largest absolute Gasteiger partial charge is 0.484 e. The first-order valence-electron chi connectivity index (χ1n) is 6.87. The Morgan fingerprint density at radius 2 is 1.90 bits per heavy atom. The molecule has 1 fully saturated rings. The van der Waals surface area contributed by atoms with Crippen LogP contribution in [0.4, 0.5) is 4.39 Å². The third-order valence-corrected chi connectivity index (χ3v) is 3.23. The highest BCUT2D eigenvalue weighted by molar-refractivity contribution is 5.24. The van der Waals surface area contributed by atoms with Gasteiger partial charge in [0, 0.05) is 12.6 Å². The minimum absolute atomic E-state index is 0.260. The molecule has 104 valence electrons. The molecule has 1 N–H and O–H groups in total. The first kappa shape index (κ1) is 13.1. The zero-order chi connectivity index (χ0) is 13.8. The summed E-state index contributed by atoms with van der Waals surface area (Å²) in [4.78, 5) is 4.51. The minimum Gasteiger partial charge on any atom is -0.484 e. The number of nitrogens with zero attached hydrogens (tertiary/aromatic N) is 1. The lowest BCUT2D eigenvalue weighted by Crippen LogP contribution is -2.16. The van der Waals surface area contributed by atoms with E-state index in [9.17, 15) is 4.39 Å². The quantitative estimate of drug-likeness (QED) is 0.877. The van der Waals surface area contributed by atoms with Crippen LogP contribution in [0.25, 0.3) is 0 Å². The molecule has 1 aliphatic rings. The second-order valence-corrected chi connectivity index (χ2v) is 4.99. The van der Waals surface area contributed by atoms with Crippen LogP contribution < -0.4 is 10.1 Å². The number of para-hydroxylation sites is 1. The molecule has 1 saturated carbocycles. The topological polar surface area (TPSA) is 34.1 Å². The van der Waals surface area contributed by atoms with E-state index in [1.54, 1.807) is 18.2 Å². The van der Waals surface area contributed by atoms with Gasteiger partial charge >= 0.3 is 0 Å². The molecule has 0 aliphatic heterocycles. The van der Waals surface area contributed by atoms with Crippen LogP contribution in [0.5, 0.6) is 5.75 Å². The Bertz CT molecular complexity index is 584. The van der Waals surface area contributed by atoms with E-state index in [1.807, 2.05) is 18.2 Å². The molecule has 0 spiro atoms. The lowest BCUT2D eigenvalue weighted by atomic mass is 10.3. The number of hydrogen-bond acceptors (Lipinski definition) is 3. The molecule has 0 bridgehead atoms. The molecule has 0 unspecified atom stereocenters. The number of nitrogens with one attached hydrogen (secondary N) is 1. The number of halogens is 1. The van der Waals surface area contributed by atoms with Gasteiger partial charge in [-0.2, -0.15) is 0 Å². The van der Waals surface area contributed by atoms with E-state index in [1.165, 1.54) is 18.9 Å². The Hall–Kier alpha value is -1.94. The Kier molecular flexibility index (Phi) is 3.92. The van der Waals surface area contributed by atoms with E-state index in [0.29, 0.717) is 6.04 Å². The molecular weight excluding hydrogens is 255 g/mol. The van der Waals surface area contributed by atoms with Crippen LogP contribution in [-0.4, -0.2) is 11.0 Å². The molecule has 3 rings (SSSR count). The highest BCUT2D eigenvalue weighted by atomic mass is 19.1. The SMILES string of the molecule is Fc1ccccc1OCc1cccc(CNC2CC2)n1. The van der Waals surface area contributed by atoms with Crippen LogP contribution in [-0.2, 0) is 13.2 Å². The number of hydrogen-bond donors (Lipinski definition) is 1. The van der Waals surface area contributed by atoms with Gasteiger partial charge in [0.25, 0.3) is 0 Å². The van der Waals surface area contributed by atoms with E-state index in [4.69, 9.17) is 4.74 Å². The van der Waals surface area contributed by atoms with Gasteiger partial charge in [0.05, 0.1) is 11.4 Å². The average molecular weight is 272 g/mol. The van der Waals surface area contributed by atoms with Crippen molar-refractivity contribution in [2.75, 3.05) is 0 Å². The van der Waals surface area contributed by atoms with Gasteiger partial charge in [0.2, 0.25) is 0 Å². The monoisotopic (exact) mass is 272 g/mol. The van der Waals surface area contributed by atoms with Crippen LogP contribution in [0, 0.1) is 5.82 Å². The summed E-state index contributed by atoms with van der Waals surface area (Å²) in [6.45, 7) is 1.05. The summed E-state index contributed by atoms with van der Waals surface area (Å²) in [5, 5.41) is 3.42. The molecule has 20 heavy (non-hydrogen) atoms. The molecule has 0 saturated heterocycles. The maximum Gasteiger partial charge on any atom is 0.165 e. The smallest absolute Gasteiger partial charge is 0.165 e. The second-order valence-electron chi connectivity index (χ2n) is 4.99. The van der Waals surface area contributed by atoms with Gasteiger partial charge in [-0.15, -0.1) is 0 Å². The van der Waals surface area contributed by atoms with Crippen LogP contribution >= 0.6 is 0 Å². The number of ether oxygens (including phenoxy) is 1. The molecule has 1 aliphatic carbocycles. The molecular formula is C16H17FN2O. The maximum atomic E-state index is 13.4. The lowest BCUT2D eigenvalue weighted by molar-refractivity contribution is 0.285. The third-order valence-electron chi connectivity index (χ3n) is 3.23. The molecule has 1 heterocycles. The Morgan fingerprint density at radius 3 is 2.70 bits per heavy atom. The zero-order valence-electron chi connectivity index (χ0n) is 11.2. The molecule has 1 aromatic heterocycles. The molecule has 0 amide bonds. The summed E-state index contributed by atoms with van der Waals surface area (Å²) in [6, 6.07) is 12.9. The first-order valence-corrected chi connectivity index (χ1v) is 6.87. The van der Waals surface area contributed by atoms with E-state index in [2.05, 4.69) is 10.3 Å². The Morgan fingerprint density at radius 1 is 1.10 bits per heavy atom. The summed E-state index contributed by atoms with van der Waals surface area (Å²) < 4.78 is 18.9. The molecule has 1 aromatic carbocycles. The van der Waals surface area contributed by atoms with E-state index in [-0.39, 0.29) is 18.2 Å². The van der Waals surface area contributed by atoms with Crippen molar-refractivity contribution < 1.29 is 9.13 Å². The van der Waals surface area contributed by atoms with Crippen LogP contribution in [0.3, 0.4) is 0 Å². The lowest BCUT2D eigenvalue weighted by Gasteiger charge is -2.08. The number of aromatic nitrogens is 1. The summed E-state index contributed by atoms with van der Waals surface area (Å²) in [6.07, 6.45) is 2.52. The number of benzene rings is 1. The van der Waals surface area contributed by atoms with Crippen molar-refractivity contribution in [1.29, 1.82) is 0 Å². The summed E-state index contributed by atoms with van der Waals surface area (Å²) in [5.41, 5.74) is 1.80. The second kappa shape index (κ2) is 6.01. The minimum atomic E-state index is -0.348. The van der Waals surface area contributed by atoms with Crippen LogP contribution in [0.1, 0.15) is 24.2 Å². The average Bonchev–Trinajstić information content (AvgIpc) is 3.29. The Labute approximate surface area is 117 Å². The van der Waals surface area contributed by atoms with E-state index < -0.39 is 0 Å². The standard InChI is InChI=1S/C16H17FN2O/c17-15-6-1-2-7-16(15)20-11-14-5-3-4-13(19-14)10-18-12-8-9-12/h1-7,12,18H,8-11H2. The fourth-order valence-corrected chi connectivity index (χ4v) is 1.96. The van der Waals surface area contributed by atoms with Crippen molar-refractivity contribution in [3.63, 3.8) is 0 Å². The van der Waals surface area contributed by atoms with Gasteiger partial charge < -0.3 is 10.1 Å². The predicted molar refractivity (Wildman–Crippen MR) is 74.8 cm³/mol. The number of pyridine rings is 1. The van der Waals surface area contributed by atoms with Crippen LogP contribution in [0.2, 0.25) is 0 Å². The zero-order valence-corrected chi connectivity index (χ0v) is 11.2. The number of rotatable bonds is 6. The summed E-state index contributed by atoms with van der Waals surface area (Å²) in [7, 11) is 0. The van der Waals surface area contributed by atoms with E-state index in [0.717, 1.165) is 17.9 Å².